The first-order valence-electron chi connectivity index (χ1n) is 7.49. The third-order valence-electron chi connectivity index (χ3n) is 3.58. The molecule has 2 aromatic rings. The lowest BCUT2D eigenvalue weighted by molar-refractivity contribution is -0.385. The van der Waals surface area contributed by atoms with E-state index < -0.39 is 34.8 Å². The predicted octanol–water partition coefficient (Wildman–Crippen LogP) is 2.54. The fourth-order valence-electron chi connectivity index (χ4n) is 2.32. The number of carbonyl (C=O) groups excluding carboxylic acids is 2. The number of halogens is 1. The van der Waals surface area contributed by atoms with Crippen LogP contribution in [0.5, 0.6) is 11.5 Å². The van der Waals surface area contributed by atoms with Crippen LogP contribution in [0.1, 0.15) is 20.7 Å². The van der Waals surface area contributed by atoms with Gasteiger partial charge < -0.3 is 14.2 Å². The molecule has 0 aromatic heterocycles. The summed E-state index contributed by atoms with van der Waals surface area (Å²) in [5, 5.41) is 11.2. The Labute approximate surface area is 146 Å². The van der Waals surface area contributed by atoms with Gasteiger partial charge in [-0.3, -0.25) is 14.9 Å². The molecule has 0 N–H and O–H groups in total. The van der Waals surface area contributed by atoms with E-state index in [-0.39, 0.29) is 35.8 Å². The molecule has 0 atom stereocenters. The summed E-state index contributed by atoms with van der Waals surface area (Å²) in [6.45, 7) is -0.168. The Balaban J connectivity index is 1.77. The zero-order valence-corrected chi connectivity index (χ0v) is 13.3. The summed E-state index contributed by atoms with van der Waals surface area (Å²) < 4.78 is 28.3. The number of hydrogen-bond donors (Lipinski definition) is 0. The molecule has 0 saturated carbocycles. The zero-order valence-electron chi connectivity index (χ0n) is 13.3. The van der Waals surface area contributed by atoms with E-state index in [1.807, 2.05) is 0 Å². The Morgan fingerprint density at radius 3 is 2.35 bits per heavy atom. The predicted molar refractivity (Wildman–Crippen MR) is 85.1 cm³/mol. The Kier molecular flexibility index (Phi) is 4.78. The van der Waals surface area contributed by atoms with Gasteiger partial charge in [0, 0.05) is 11.6 Å². The van der Waals surface area contributed by atoms with E-state index in [0.717, 1.165) is 24.3 Å². The van der Waals surface area contributed by atoms with Crippen molar-refractivity contribution in [2.45, 2.75) is 0 Å². The molecule has 0 saturated heterocycles. The van der Waals surface area contributed by atoms with Crippen molar-refractivity contribution >= 4 is 17.4 Å². The molecule has 0 spiro atoms. The van der Waals surface area contributed by atoms with Gasteiger partial charge >= 0.3 is 5.97 Å². The van der Waals surface area contributed by atoms with E-state index in [1.54, 1.807) is 0 Å². The Morgan fingerprint density at radius 2 is 1.73 bits per heavy atom. The van der Waals surface area contributed by atoms with E-state index in [2.05, 4.69) is 0 Å². The highest BCUT2D eigenvalue weighted by atomic mass is 19.1. The molecule has 0 fully saturated rings. The Hall–Kier alpha value is -3.49. The van der Waals surface area contributed by atoms with Crippen molar-refractivity contribution in [1.29, 1.82) is 0 Å². The second-order valence-corrected chi connectivity index (χ2v) is 5.28. The van der Waals surface area contributed by atoms with Crippen molar-refractivity contribution < 1.29 is 33.1 Å². The maximum atomic E-state index is 12.9. The van der Waals surface area contributed by atoms with Crippen LogP contribution in [0.2, 0.25) is 0 Å². The van der Waals surface area contributed by atoms with Gasteiger partial charge in [-0.05, 0) is 24.3 Å². The molecule has 0 unspecified atom stereocenters. The summed E-state index contributed by atoms with van der Waals surface area (Å²) in [6, 6.07) is 6.92. The number of nitro groups is 1. The normalized spacial score (nSPS) is 12.3. The smallest absolute Gasteiger partial charge is 0.345 e. The number of Topliss-reactive ketones (excluding diaryl/α,β-unsaturated/α-hetero) is 1. The number of ketones is 1. The average molecular weight is 361 g/mol. The SMILES string of the molecule is O=C(COC(=O)c1cc2c(cc1[N+](=O)[O-])OCCO2)c1ccc(F)cc1. The molecular formula is C17H12FNO7. The van der Waals surface area contributed by atoms with Crippen LogP contribution < -0.4 is 9.47 Å². The molecule has 8 nitrogen and oxygen atoms in total. The molecule has 0 aliphatic carbocycles. The minimum atomic E-state index is -1.05. The van der Waals surface area contributed by atoms with Crippen molar-refractivity contribution in [3.05, 3.63) is 63.5 Å². The number of fused-ring (bicyclic) bond motifs is 1. The number of rotatable bonds is 5. The van der Waals surface area contributed by atoms with Gasteiger partial charge in [0.05, 0.1) is 11.0 Å². The number of nitrogens with zero attached hydrogens (tertiary/aromatic N) is 1. The molecule has 0 amide bonds. The minimum Gasteiger partial charge on any atom is -0.486 e. The van der Waals surface area contributed by atoms with Crippen LogP contribution in [-0.2, 0) is 4.74 Å². The molecule has 26 heavy (non-hydrogen) atoms. The monoisotopic (exact) mass is 361 g/mol. The Morgan fingerprint density at radius 1 is 1.12 bits per heavy atom. The largest absolute Gasteiger partial charge is 0.486 e. The summed E-state index contributed by atoms with van der Waals surface area (Å²) in [6.07, 6.45) is 0. The molecule has 0 bridgehead atoms. The number of nitro benzene ring substituents is 1. The van der Waals surface area contributed by atoms with E-state index in [1.165, 1.54) is 12.1 Å². The molecule has 1 heterocycles. The quantitative estimate of drug-likeness (QED) is 0.349. The third-order valence-corrected chi connectivity index (χ3v) is 3.58. The summed E-state index contributed by atoms with van der Waals surface area (Å²) in [7, 11) is 0. The van der Waals surface area contributed by atoms with Gasteiger partial charge in [0.2, 0.25) is 0 Å². The average Bonchev–Trinajstić information content (AvgIpc) is 2.65. The summed E-state index contributed by atoms with van der Waals surface area (Å²) in [5.74, 6) is -1.80. The molecule has 1 aliphatic heterocycles. The van der Waals surface area contributed by atoms with Crippen molar-refractivity contribution in [2.75, 3.05) is 19.8 Å². The molecule has 3 rings (SSSR count). The number of esters is 1. The molecular weight excluding hydrogens is 349 g/mol. The Bertz CT molecular complexity index is 879. The number of benzene rings is 2. The van der Waals surface area contributed by atoms with Gasteiger partial charge in [-0.15, -0.1) is 0 Å². The second-order valence-electron chi connectivity index (χ2n) is 5.28. The fourth-order valence-corrected chi connectivity index (χ4v) is 2.32. The lowest BCUT2D eigenvalue weighted by Gasteiger charge is -2.18. The zero-order chi connectivity index (χ0) is 18.7. The highest BCUT2D eigenvalue weighted by Gasteiger charge is 2.27. The van der Waals surface area contributed by atoms with Gasteiger partial charge in [0.15, 0.2) is 23.9 Å². The van der Waals surface area contributed by atoms with Crippen LogP contribution in [0.15, 0.2) is 36.4 Å². The second kappa shape index (κ2) is 7.18. The third kappa shape index (κ3) is 3.61. The van der Waals surface area contributed by atoms with E-state index in [4.69, 9.17) is 14.2 Å². The topological polar surface area (TPSA) is 105 Å². The lowest BCUT2D eigenvalue weighted by atomic mass is 10.1. The van der Waals surface area contributed by atoms with Crippen LogP contribution in [0, 0.1) is 15.9 Å². The van der Waals surface area contributed by atoms with Crippen molar-refractivity contribution in [3.8, 4) is 11.5 Å². The summed E-state index contributed by atoms with van der Waals surface area (Å²) in [4.78, 5) is 34.6. The van der Waals surface area contributed by atoms with Crippen LogP contribution in [0.25, 0.3) is 0 Å². The van der Waals surface area contributed by atoms with Crippen LogP contribution in [0.4, 0.5) is 10.1 Å². The van der Waals surface area contributed by atoms with E-state index in [9.17, 15) is 24.1 Å². The van der Waals surface area contributed by atoms with Crippen molar-refractivity contribution in [1.82, 2.24) is 0 Å². The number of hydrogen-bond acceptors (Lipinski definition) is 7. The van der Waals surface area contributed by atoms with E-state index in [0.29, 0.717) is 0 Å². The van der Waals surface area contributed by atoms with Gasteiger partial charge in [0.25, 0.3) is 5.69 Å². The summed E-state index contributed by atoms with van der Waals surface area (Å²) >= 11 is 0. The van der Waals surface area contributed by atoms with E-state index >= 15 is 0 Å². The van der Waals surface area contributed by atoms with Gasteiger partial charge in [-0.25, -0.2) is 9.18 Å². The molecule has 2 aromatic carbocycles. The van der Waals surface area contributed by atoms with Crippen LogP contribution >= 0.6 is 0 Å². The maximum Gasteiger partial charge on any atom is 0.345 e. The van der Waals surface area contributed by atoms with Crippen LogP contribution in [0.3, 0.4) is 0 Å². The number of carbonyl (C=O) groups is 2. The first-order chi connectivity index (χ1) is 12.5. The fraction of sp³-hybridized carbons (Fsp3) is 0.176. The molecule has 9 heteroatoms. The van der Waals surface area contributed by atoms with Gasteiger partial charge in [-0.2, -0.15) is 0 Å². The minimum absolute atomic E-state index is 0.149. The van der Waals surface area contributed by atoms with Gasteiger partial charge in [0.1, 0.15) is 24.6 Å². The lowest BCUT2D eigenvalue weighted by Crippen LogP contribution is -2.18. The highest BCUT2D eigenvalue weighted by molar-refractivity contribution is 6.00. The molecule has 1 aliphatic rings. The van der Waals surface area contributed by atoms with Crippen molar-refractivity contribution in [3.63, 3.8) is 0 Å². The first-order valence-corrected chi connectivity index (χ1v) is 7.49. The standard InChI is InChI=1S/C17H12FNO7/c18-11-3-1-10(2-4-11)14(20)9-26-17(21)12-7-15-16(25-6-5-24-15)8-13(12)19(22)23/h1-4,7-8H,5-6,9H2. The van der Waals surface area contributed by atoms with Gasteiger partial charge in [-0.1, -0.05) is 0 Å². The molecule has 0 radical (unpaired) electrons. The molecule has 134 valence electrons. The van der Waals surface area contributed by atoms with Crippen molar-refractivity contribution in [2.24, 2.45) is 0 Å². The summed E-state index contributed by atoms with van der Waals surface area (Å²) in [5.41, 5.74) is -0.726. The highest BCUT2D eigenvalue weighted by Crippen LogP contribution is 2.36. The first kappa shape index (κ1) is 17.3. The number of ether oxygens (including phenoxy) is 3. The maximum absolute atomic E-state index is 12.9. The van der Waals surface area contributed by atoms with Crippen LogP contribution in [-0.4, -0.2) is 36.5 Å².